The second-order valence-corrected chi connectivity index (χ2v) is 7.19. The number of nitrogens with zero attached hydrogens (tertiary/aromatic N) is 3. The van der Waals surface area contributed by atoms with Gasteiger partial charge in [0.25, 0.3) is 0 Å². The highest BCUT2D eigenvalue weighted by molar-refractivity contribution is 6.02. The topological polar surface area (TPSA) is 97.6 Å². The first-order chi connectivity index (χ1) is 13.1. The van der Waals surface area contributed by atoms with Crippen molar-refractivity contribution in [2.75, 3.05) is 11.4 Å². The van der Waals surface area contributed by atoms with Crippen molar-refractivity contribution in [1.29, 1.82) is 0 Å². The number of aromatic nitrogens is 2. The molecular weight excluding hydrogens is 348 g/mol. The molecule has 8 heteroatoms. The fourth-order valence-corrected chi connectivity index (χ4v) is 4.28. The van der Waals surface area contributed by atoms with Crippen LogP contribution in [0.3, 0.4) is 0 Å². The van der Waals surface area contributed by atoms with Gasteiger partial charge in [0.1, 0.15) is 11.4 Å². The third-order valence-electron chi connectivity index (χ3n) is 5.51. The van der Waals surface area contributed by atoms with E-state index in [4.69, 9.17) is 9.26 Å². The molecule has 0 saturated carbocycles. The lowest BCUT2D eigenvalue weighted by Crippen LogP contribution is -2.44. The predicted molar refractivity (Wildman–Crippen MR) is 93.4 cm³/mol. The minimum absolute atomic E-state index is 0.154. The van der Waals surface area contributed by atoms with Gasteiger partial charge in [-0.2, -0.15) is 0 Å². The molecule has 1 N–H and O–H groups in total. The molecule has 2 aromatic rings. The van der Waals surface area contributed by atoms with E-state index in [0.29, 0.717) is 24.7 Å². The van der Waals surface area contributed by atoms with Crippen molar-refractivity contribution in [2.45, 2.75) is 25.2 Å². The van der Waals surface area contributed by atoms with Gasteiger partial charge in [-0.1, -0.05) is 17.3 Å². The number of fused-ring (bicyclic) bond motifs is 1. The molecule has 0 radical (unpaired) electrons. The Morgan fingerprint density at radius 1 is 1.41 bits per heavy atom. The average Bonchev–Trinajstić information content (AvgIpc) is 3.42. The molecule has 5 heterocycles. The maximum Gasteiger partial charge on any atom is 0.235 e. The number of carbonyl (C=O) groups is 2. The van der Waals surface area contributed by atoms with E-state index in [1.54, 1.807) is 30.3 Å². The summed E-state index contributed by atoms with van der Waals surface area (Å²) < 4.78 is 11.2. The third kappa shape index (κ3) is 2.40. The summed E-state index contributed by atoms with van der Waals surface area (Å²) >= 11 is 0. The number of rotatable bonds is 4. The molecule has 0 aliphatic carbocycles. The fourth-order valence-electron chi connectivity index (χ4n) is 4.28. The SMILES string of the molecule is Cc1cc(N2C[C@@]34C=C[C@@H](O3)[C@H](C(=O)NCc3ccncc3)[C@H]4C2=O)no1. The zero-order chi connectivity index (χ0) is 18.6. The number of hydrogen-bond donors (Lipinski definition) is 1. The van der Waals surface area contributed by atoms with Crippen molar-refractivity contribution in [3.63, 3.8) is 0 Å². The molecule has 2 fully saturated rings. The molecule has 5 rings (SSSR count). The van der Waals surface area contributed by atoms with E-state index in [0.717, 1.165) is 5.56 Å². The highest BCUT2D eigenvalue weighted by atomic mass is 16.5. The summed E-state index contributed by atoms with van der Waals surface area (Å²) in [5, 5.41) is 6.87. The van der Waals surface area contributed by atoms with Crippen LogP contribution < -0.4 is 10.2 Å². The van der Waals surface area contributed by atoms with Gasteiger partial charge in [-0.25, -0.2) is 0 Å². The number of anilines is 1. The van der Waals surface area contributed by atoms with Gasteiger partial charge in [0.05, 0.1) is 24.5 Å². The number of nitrogens with one attached hydrogen (secondary N) is 1. The van der Waals surface area contributed by atoms with E-state index < -0.39 is 17.4 Å². The summed E-state index contributed by atoms with van der Waals surface area (Å²) in [4.78, 5) is 31.5. The number of pyridine rings is 1. The zero-order valence-electron chi connectivity index (χ0n) is 14.7. The van der Waals surface area contributed by atoms with E-state index in [2.05, 4.69) is 15.5 Å². The second kappa shape index (κ2) is 5.75. The van der Waals surface area contributed by atoms with Gasteiger partial charge in [-0.3, -0.25) is 19.5 Å². The van der Waals surface area contributed by atoms with Crippen molar-refractivity contribution in [3.8, 4) is 0 Å². The van der Waals surface area contributed by atoms with E-state index in [-0.39, 0.29) is 17.9 Å². The molecule has 2 amide bonds. The van der Waals surface area contributed by atoms with Gasteiger partial charge in [-0.05, 0) is 24.6 Å². The number of aryl methyl sites for hydroxylation is 1. The van der Waals surface area contributed by atoms with Crippen molar-refractivity contribution in [3.05, 3.63) is 54.1 Å². The van der Waals surface area contributed by atoms with Gasteiger partial charge >= 0.3 is 0 Å². The Morgan fingerprint density at radius 2 is 2.22 bits per heavy atom. The van der Waals surface area contributed by atoms with Crippen molar-refractivity contribution >= 4 is 17.6 Å². The molecule has 0 unspecified atom stereocenters. The molecule has 138 valence electrons. The largest absolute Gasteiger partial charge is 0.360 e. The van der Waals surface area contributed by atoms with Crippen LogP contribution in [0.5, 0.6) is 0 Å². The highest BCUT2D eigenvalue weighted by Gasteiger charge is 2.67. The minimum atomic E-state index is -0.771. The summed E-state index contributed by atoms with van der Waals surface area (Å²) in [5.74, 6) is -0.361. The molecule has 2 bridgehead atoms. The van der Waals surface area contributed by atoms with Crippen LogP contribution in [0.2, 0.25) is 0 Å². The number of carbonyl (C=O) groups excluding carboxylic acids is 2. The Morgan fingerprint density at radius 3 is 2.96 bits per heavy atom. The molecule has 2 aromatic heterocycles. The highest BCUT2D eigenvalue weighted by Crippen LogP contribution is 2.52. The van der Waals surface area contributed by atoms with Crippen molar-refractivity contribution in [1.82, 2.24) is 15.5 Å². The normalized spacial score (nSPS) is 30.8. The molecule has 1 spiro atoms. The maximum atomic E-state index is 13.1. The molecular formula is C19H18N4O4. The minimum Gasteiger partial charge on any atom is -0.360 e. The van der Waals surface area contributed by atoms with Crippen LogP contribution in [-0.4, -0.2) is 40.2 Å². The Kier molecular flexibility index (Phi) is 3.45. The first kappa shape index (κ1) is 16.2. The lowest BCUT2D eigenvalue weighted by molar-refractivity contribution is -0.132. The monoisotopic (exact) mass is 366 g/mol. The molecule has 0 aromatic carbocycles. The smallest absolute Gasteiger partial charge is 0.235 e. The van der Waals surface area contributed by atoms with Crippen LogP contribution >= 0.6 is 0 Å². The van der Waals surface area contributed by atoms with Crippen LogP contribution in [0.1, 0.15) is 11.3 Å². The van der Waals surface area contributed by atoms with Crippen LogP contribution in [0, 0.1) is 18.8 Å². The van der Waals surface area contributed by atoms with Gasteiger partial charge in [0.15, 0.2) is 5.82 Å². The first-order valence-electron chi connectivity index (χ1n) is 8.86. The molecule has 2 saturated heterocycles. The maximum absolute atomic E-state index is 13.1. The van der Waals surface area contributed by atoms with Crippen LogP contribution in [-0.2, 0) is 20.9 Å². The molecule has 3 aliphatic heterocycles. The summed E-state index contributed by atoms with van der Waals surface area (Å²) in [6.45, 7) is 2.49. The van der Waals surface area contributed by atoms with Gasteiger partial charge in [0, 0.05) is 25.0 Å². The van der Waals surface area contributed by atoms with E-state index >= 15 is 0 Å². The third-order valence-corrected chi connectivity index (χ3v) is 5.51. The van der Waals surface area contributed by atoms with Gasteiger partial charge < -0.3 is 14.6 Å². The molecule has 3 aliphatic rings. The molecule has 8 nitrogen and oxygen atoms in total. The second-order valence-electron chi connectivity index (χ2n) is 7.19. The lowest BCUT2D eigenvalue weighted by Gasteiger charge is -2.23. The van der Waals surface area contributed by atoms with Crippen LogP contribution in [0.4, 0.5) is 5.82 Å². The van der Waals surface area contributed by atoms with Crippen molar-refractivity contribution in [2.24, 2.45) is 11.8 Å². The Labute approximate surface area is 155 Å². The summed E-state index contributed by atoms with van der Waals surface area (Å²) in [6.07, 6.45) is 6.78. The predicted octanol–water partition coefficient (Wildman–Crippen LogP) is 0.981. The number of hydrogen-bond acceptors (Lipinski definition) is 6. The summed E-state index contributed by atoms with van der Waals surface area (Å²) in [6, 6.07) is 5.40. The number of amides is 2. The average molecular weight is 366 g/mol. The summed E-state index contributed by atoms with van der Waals surface area (Å²) in [7, 11) is 0. The van der Waals surface area contributed by atoms with E-state index in [1.807, 2.05) is 24.3 Å². The Bertz CT molecular complexity index is 940. The number of ether oxygens (including phenoxy) is 1. The quantitative estimate of drug-likeness (QED) is 0.810. The van der Waals surface area contributed by atoms with Crippen LogP contribution in [0.15, 0.2) is 47.3 Å². The van der Waals surface area contributed by atoms with E-state index in [9.17, 15) is 9.59 Å². The fraction of sp³-hybridized carbons (Fsp3) is 0.368. The molecule has 4 atom stereocenters. The lowest BCUT2D eigenvalue weighted by atomic mass is 9.77. The van der Waals surface area contributed by atoms with Crippen LogP contribution in [0.25, 0.3) is 0 Å². The Balaban J connectivity index is 1.38. The molecule has 27 heavy (non-hydrogen) atoms. The van der Waals surface area contributed by atoms with Crippen molar-refractivity contribution < 1.29 is 18.8 Å². The summed E-state index contributed by atoms with van der Waals surface area (Å²) in [5.41, 5.74) is 0.179. The first-order valence-corrected chi connectivity index (χ1v) is 8.86. The van der Waals surface area contributed by atoms with Gasteiger partial charge in [0.2, 0.25) is 11.8 Å². The standard InChI is InChI=1S/C19H18N4O4/c1-11-8-14(22-27-11)23-10-19-5-2-13(26-19)15(16(19)18(23)25)17(24)21-9-12-3-6-20-7-4-12/h2-8,13,15-16H,9-10H2,1H3,(H,21,24)/t13-,15+,16+,19-/m1/s1. The van der Waals surface area contributed by atoms with E-state index in [1.165, 1.54) is 0 Å². The van der Waals surface area contributed by atoms with Gasteiger partial charge in [-0.15, -0.1) is 0 Å². The Hall–Kier alpha value is -3.00. The zero-order valence-corrected chi connectivity index (χ0v) is 14.7.